The first-order chi connectivity index (χ1) is 9.09. The molecule has 2 rings (SSSR count). The van der Waals surface area contributed by atoms with E-state index in [2.05, 4.69) is 4.98 Å². The standard InChI is InChI=1S/C13H16F2N2O2/c1-17(7-9-3-2-6-19-8-9)13(18)10-4-5-16-12(15)11(10)14/h4-5,9H,2-3,6-8H2,1H3. The van der Waals surface area contributed by atoms with Crippen molar-refractivity contribution in [2.45, 2.75) is 12.8 Å². The minimum absolute atomic E-state index is 0.248. The van der Waals surface area contributed by atoms with E-state index in [1.54, 1.807) is 7.05 Å². The molecule has 0 N–H and O–H groups in total. The van der Waals surface area contributed by atoms with Crippen LogP contribution in [0.25, 0.3) is 0 Å². The molecule has 0 bridgehead atoms. The number of aromatic nitrogens is 1. The van der Waals surface area contributed by atoms with Crippen molar-refractivity contribution in [2.24, 2.45) is 5.92 Å². The summed E-state index contributed by atoms with van der Waals surface area (Å²) < 4.78 is 31.8. The molecule has 1 fully saturated rings. The molecule has 104 valence electrons. The maximum absolute atomic E-state index is 13.5. The van der Waals surface area contributed by atoms with Gasteiger partial charge in [0.2, 0.25) is 5.95 Å². The summed E-state index contributed by atoms with van der Waals surface area (Å²) in [4.78, 5) is 16.6. The molecule has 0 radical (unpaired) electrons. The Morgan fingerprint density at radius 2 is 2.37 bits per heavy atom. The van der Waals surface area contributed by atoms with E-state index in [1.807, 2.05) is 0 Å². The van der Waals surface area contributed by atoms with Crippen molar-refractivity contribution in [3.05, 3.63) is 29.6 Å². The Kier molecular flexibility index (Phi) is 4.42. The molecular weight excluding hydrogens is 254 g/mol. The number of carbonyl (C=O) groups is 1. The van der Waals surface area contributed by atoms with Gasteiger partial charge in [-0.1, -0.05) is 0 Å². The Morgan fingerprint density at radius 1 is 1.58 bits per heavy atom. The van der Waals surface area contributed by atoms with Crippen LogP contribution < -0.4 is 0 Å². The fourth-order valence-electron chi connectivity index (χ4n) is 2.21. The molecule has 0 aromatic carbocycles. The summed E-state index contributed by atoms with van der Waals surface area (Å²) in [5.41, 5.74) is -0.285. The van der Waals surface area contributed by atoms with Crippen molar-refractivity contribution in [2.75, 3.05) is 26.8 Å². The SMILES string of the molecule is CN(CC1CCCOC1)C(=O)c1ccnc(F)c1F. The van der Waals surface area contributed by atoms with Crippen LogP contribution in [0.5, 0.6) is 0 Å². The van der Waals surface area contributed by atoms with Gasteiger partial charge in [0.25, 0.3) is 5.91 Å². The molecule has 6 heteroatoms. The monoisotopic (exact) mass is 270 g/mol. The predicted molar refractivity (Wildman–Crippen MR) is 64.7 cm³/mol. The number of amides is 1. The number of nitrogens with zero attached hydrogens (tertiary/aromatic N) is 2. The first-order valence-electron chi connectivity index (χ1n) is 6.23. The number of carbonyl (C=O) groups excluding carboxylic acids is 1. The van der Waals surface area contributed by atoms with Crippen LogP contribution in [-0.4, -0.2) is 42.6 Å². The summed E-state index contributed by atoms with van der Waals surface area (Å²) in [6.07, 6.45) is 3.03. The third kappa shape index (κ3) is 3.26. The third-order valence-corrected chi connectivity index (χ3v) is 3.21. The van der Waals surface area contributed by atoms with Crippen molar-refractivity contribution in [3.8, 4) is 0 Å². The number of rotatable bonds is 3. The molecule has 0 saturated carbocycles. The van der Waals surface area contributed by atoms with Crippen molar-refractivity contribution in [3.63, 3.8) is 0 Å². The van der Waals surface area contributed by atoms with E-state index in [4.69, 9.17) is 4.74 Å². The normalized spacial score (nSPS) is 19.2. The van der Waals surface area contributed by atoms with Crippen LogP contribution in [0.3, 0.4) is 0 Å². The minimum atomic E-state index is -1.25. The molecule has 2 heterocycles. The molecule has 19 heavy (non-hydrogen) atoms. The van der Waals surface area contributed by atoms with Gasteiger partial charge in [-0.3, -0.25) is 4.79 Å². The van der Waals surface area contributed by atoms with Crippen LogP contribution in [0.1, 0.15) is 23.2 Å². The minimum Gasteiger partial charge on any atom is -0.381 e. The van der Waals surface area contributed by atoms with Gasteiger partial charge in [0.1, 0.15) is 0 Å². The van der Waals surface area contributed by atoms with E-state index in [9.17, 15) is 13.6 Å². The second-order valence-electron chi connectivity index (χ2n) is 4.73. The predicted octanol–water partition coefficient (Wildman–Crippen LogP) is 1.86. The van der Waals surface area contributed by atoms with Crippen molar-refractivity contribution < 1.29 is 18.3 Å². The van der Waals surface area contributed by atoms with Gasteiger partial charge in [-0.2, -0.15) is 4.39 Å². The topological polar surface area (TPSA) is 42.4 Å². The maximum Gasteiger partial charge on any atom is 0.256 e. The Hall–Kier alpha value is -1.56. The van der Waals surface area contributed by atoms with Crippen molar-refractivity contribution in [1.82, 2.24) is 9.88 Å². The van der Waals surface area contributed by atoms with E-state index in [0.717, 1.165) is 25.6 Å². The Labute approximate surface area is 110 Å². The highest BCUT2D eigenvalue weighted by molar-refractivity contribution is 5.94. The van der Waals surface area contributed by atoms with E-state index in [0.29, 0.717) is 13.2 Å². The summed E-state index contributed by atoms with van der Waals surface area (Å²) >= 11 is 0. The molecule has 4 nitrogen and oxygen atoms in total. The summed E-state index contributed by atoms with van der Waals surface area (Å²) in [6.45, 7) is 1.82. The van der Waals surface area contributed by atoms with Gasteiger partial charge in [-0.15, -0.1) is 0 Å². The van der Waals surface area contributed by atoms with E-state index in [1.165, 1.54) is 11.0 Å². The highest BCUT2D eigenvalue weighted by Gasteiger charge is 2.23. The zero-order valence-electron chi connectivity index (χ0n) is 10.7. The van der Waals surface area contributed by atoms with Gasteiger partial charge in [0, 0.05) is 26.4 Å². The zero-order valence-corrected chi connectivity index (χ0v) is 10.7. The van der Waals surface area contributed by atoms with Crippen LogP contribution in [0.15, 0.2) is 12.3 Å². The molecule has 0 aliphatic carbocycles. The molecule has 1 aliphatic rings. The average molecular weight is 270 g/mol. The highest BCUT2D eigenvalue weighted by Crippen LogP contribution is 2.17. The lowest BCUT2D eigenvalue weighted by Crippen LogP contribution is -2.35. The largest absolute Gasteiger partial charge is 0.381 e. The number of hydrogen-bond acceptors (Lipinski definition) is 3. The molecule has 1 unspecified atom stereocenters. The number of halogens is 2. The molecular formula is C13H16F2N2O2. The first kappa shape index (κ1) is 13.9. The molecule has 1 atom stereocenters. The number of hydrogen-bond donors (Lipinski definition) is 0. The van der Waals surface area contributed by atoms with E-state index < -0.39 is 17.7 Å². The Bertz CT molecular complexity index is 462. The fraction of sp³-hybridized carbons (Fsp3) is 0.538. The lowest BCUT2D eigenvalue weighted by molar-refractivity contribution is 0.0387. The molecule has 0 spiro atoms. The van der Waals surface area contributed by atoms with Crippen LogP contribution in [0.4, 0.5) is 8.78 Å². The van der Waals surface area contributed by atoms with Crippen LogP contribution in [-0.2, 0) is 4.74 Å². The van der Waals surface area contributed by atoms with Crippen LogP contribution in [0, 0.1) is 17.7 Å². The van der Waals surface area contributed by atoms with Gasteiger partial charge in [0.15, 0.2) is 5.82 Å². The number of pyridine rings is 1. The summed E-state index contributed by atoms with van der Waals surface area (Å²) in [5.74, 6) is -2.73. The van der Waals surface area contributed by atoms with E-state index >= 15 is 0 Å². The van der Waals surface area contributed by atoms with Gasteiger partial charge in [0.05, 0.1) is 12.2 Å². The fourth-order valence-corrected chi connectivity index (χ4v) is 2.21. The summed E-state index contributed by atoms with van der Waals surface area (Å²) in [7, 11) is 1.58. The van der Waals surface area contributed by atoms with Crippen LogP contribution in [0.2, 0.25) is 0 Å². The molecule has 1 saturated heterocycles. The molecule has 1 amide bonds. The van der Waals surface area contributed by atoms with Gasteiger partial charge in [-0.25, -0.2) is 9.37 Å². The third-order valence-electron chi connectivity index (χ3n) is 3.21. The molecule has 1 aromatic rings. The van der Waals surface area contributed by atoms with Crippen molar-refractivity contribution in [1.29, 1.82) is 0 Å². The summed E-state index contributed by atoms with van der Waals surface area (Å²) in [6, 6.07) is 1.19. The number of ether oxygens (including phenoxy) is 1. The van der Waals surface area contributed by atoms with Gasteiger partial charge in [-0.05, 0) is 24.8 Å². The van der Waals surface area contributed by atoms with Gasteiger partial charge < -0.3 is 9.64 Å². The maximum atomic E-state index is 13.5. The lowest BCUT2D eigenvalue weighted by Gasteiger charge is -2.27. The second-order valence-corrected chi connectivity index (χ2v) is 4.73. The highest BCUT2D eigenvalue weighted by atomic mass is 19.2. The molecule has 1 aromatic heterocycles. The zero-order chi connectivity index (χ0) is 13.8. The van der Waals surface area contributed by atoms with Crippen molar-refractivity contribution >= 4 is 5.91 Å². The second kappa shape index (κ2) is 6.06. The van der Waals surface area contributed by atoms with Crippen LogP contribution >= 0.6 is 0 Å². The Balaban J connectivity index is 2.03. The Morgan fingerprint density at radius 3 is 3.05 bits per heavy atom. The summed E-state index contributed by atoms with van der Waals surface area (Å²) in [5, 5.41) is 0. The quantitative estimate of drug-likeness (QED) is 0.787. The lowest BCUT2D eigenvalue weighted by atomic mass is 10.0. The smallest absolute Gasteiger partial charge is 0.256 e. The van der Waals surface area contributed by atoms with Gasteiger partial charge >= 0.3 is 0 Å². The average Bonchev–Trinajstić information content (AvgIpc) is 2.42. The van der Waals surface area contributed by atoms with E-state index in [-0.39, 0.29) is 11.5 Å². The molecule has 1 aliphatic heterocycles. The first-order valence-corrected chi connectivity index (χ1v) is 6.23.